The summed E-state index contributed by atoms with van der Waals surface area (Å²) in [5.74, 6) is -0.366. The van der Waals surface area contributed by atoms with E-state index >= 15 is 0 Å². The molecule has 4 aromatic heterocycles. The van der Waals surface area contributed by atoms with Crippen molar-refractivity contribution in [2.75, 3.05) is 23.8 Å². The standard InChI is InChI=1S/C26H21F3N8O3/c1-14-4-5-16(34-24(39)19-11-15(6-8-30-19)26(27,28)29)12-18(14)35-22-17(3-2-7-31-22)20-21-23(33-13-32-20)37-25(36-21)40-10-9-38/h2-8,11-13,38H,9-10H2,1H3,(H,31,35)(H,34,39)(H,32,33,36,37). The molecule has 1 amide bonds. The van der Waals surface area contributed by atoms with Gasteiger partial charge in [0.2, 0.25) is 0 Å². The molecule has 0 unspecified atom stereocenters. The van der Waals surface area contributed by atoms with Crippen LogP contribution in [0.2, 0.25) is 0 Å². The predicted octanol–water partition coefficient (Wildman–Crippen LogP) is 4.50. The number of amides is 1. The maximum atomic E-state index is 13.1. The number of pyridine rings is 2. The van der Waals surface area contributed by atoms with Crippen LogP contribution in [0, 0.1) is 6.92 Å². The van der Waals surface area contributed by atoms with Crippen molar-refractivity contribution in [3.63, 3.8) is 0 Å². The van der Waals surface area contributed by atoms with E-state index in [-0.39, 0.29) is 24.9 Å². The monoisotopic (exact) mass is 550 g/mol. The third-order valence-corrected chi connectivity index (χ3v) is 5.72. The molecule has 14 heteroatoms. The van der Waals surface area contributed by atoms with Gasteiger partial charge in [-0.1, -0.05) is 6.07 Å². The van der Waals surface area contributed by atoms with Gasteiger partial charge in [0.15, 0.2) is 5.65 Å². The van der Waals surface area contributed by atoms with Gasteiger partial charge in [0.05, 0.1) is 12.2 Å². The van der Waals surface area contributed by atoms with Gasteiger partial charge in [-0.3, -0.25) is 14.8 Å². The Balaban J connectivity index is 1.43. The zero-order valence-electron chi connectivity index (χ0n) is 20.8. The maximum Gasteiger partial charge on any atom is 0.416 e. The molecule has 0 atom stereocenters. The Morgan fingerprint density at radius 2 is 1.93 bits per heavy atom. The Morgan fingerprint density at radius 1 is 1.07 bits per heavy atom. The molecule has 0 aliphatic heterocycles. The molecule has 204 valence electrons. The summed E-state index contributed by atoms with van der Waals surface area (Å²) in [6.07, 6.45) is -0.706. The van der Waals surface area contributed by atoms with Gasteiger partial charge < -0.3 is 20.5 Å². The third-order valence-electron chi connectivity index (χ3n) is 5.72. The van der Waals surface area contributed by atoms with Gasteiger partial charge in [0.25, 0.3) is 11.9 Å². The smallest absolute Gasteiger partial charge is 0.416 e. The molecule has 40 heavy (non-hydrogen) atoms. The molecule has 5 rings (SSSR count). The summed E-state index contributed by atoms with van der Waals surface area (Å²) >= 11 is 0. The Bertz CT molecular complexity index is 1690. The van der Waals surface area contributed by atoms with Gasteiger partial charge in [-0.15, -0.1) is 0 Å². The van der Waals surface area contributed by atoms with E-state index in [1.807, 2.05) is 6.92 Å². The van der Waals surface area contributed by atoms with Crippen molar-refractivity contribution >= 4 is 34.3 Å². The van der Waals surface area contributed by atoms with E-state index in [0.717, 1.165) is 17.8 Å². The van der Waals surface area contributed by atoms with Crippen LogP contribution in [0.1, 0.15) is 21.6 Å². The third kappa shape index (κ3) is 5.66. The molecule has 0 saturated carbocycles. The number of hydrogen-bond acceptors (Lipinski definition) is 9. The minimum atomic E-state index is -4.60. The van der Waals surface area contributed by atoms with Gasteiger partial charge in [0.1, 0.15) is 35.7 Å². The van der Waals surface area contributed by atoms with Crippen LogP contribution in [0.4, 0.5) is 30.4 Å². The first-order valence-electron chi connectivity index (χ1n) is 11.8. The molecule has 11 nitrogen and oxygen atoms in total. The van der Waals surface area contributed by atoms with E-state index in [9.17, 15) is 18.0 Å². The van der Waals surface area contributed by atoms with Crippen molar-refractivity contribution in [2.45, 2.75) is 13.1 Å². The summed E-state index contributed by atoms with van der Waals surface area (Å²) in [5.41, 5.74) is 2.29. The summed E-state index contributed by atoms with van der Waals surface area (Å²) in [7, 11) is 0. The predicted molar refractivity (Wildman–Crippen MR) is 139 cm³/mol. The first-order chi connectivity index (χ1) is 19.2. The Kier molecular flexibility index (Phi) is 7.25. The van der Waals surface area contributed by atoms with Crippen molar-refractivity contribution < 1.29 is 27.8 Å². The molecule has 1 aromatic carbocycles. The highest BCUT2D eigenvalue weighted by atomic mass is 19.4. The lowest BCUT2D eigenvalue weighted by molar-refractivity contribution is -0.137. The molecule has 0 aliphatic carbocycles. The molecule has 5 aromatic rings. The number of carbonyl (C=O) groups is 1. The summed E-state index contributed by atoms with van der Waals surface area (Å²) in [6, 6.07) is 10.2. The average molecular weight is 551 g/mol. The number of H-pyrrole nitrogens is 1. The number of hydrogen-bond donors (Lipinski definition) is 4. The van der Waals surface area contributed by atoms with Crippen LogP contribution in [0.3, 0.4) is 0 Å². The lowest BCUT2D eigenvalue weighted by Crippen LogP contribution is -2.15. The van der Waals surface area contributed by atoms with E-state index in [0.29, 0.717) is 45.7 Å². The number of carbonyl (C=O) groups excluding carboxylic acids is 1. The van der Waals surface area contributed by atoms with Crippen molar-refractivity contribution in [1.29, 1.82) is 0 Å². The van der Waals surface area contributed by atoms with Crippen molar-refractivity contribution in [2.24, 2.45) is 0 Å². The molecule has 4 N–H and O–H groups in total. The topological polar surface area (TPSA) is 151 Å². The van der Waals surface area contributed by atoms with E-state index in [1.165, 1.54) is 6.33 Å². The number of anilines is 3. The summed E-state index contributed by atoms with van der Waals surface area (Å²) in [6.45, 7) is 1.71. The number of fused-ring (bicyclic) bond motifs is 1. The van der Waals surface area contributed by atoms with Crippen LogP contribution in [-0.4, -0.2) is 54.1 Å². The number of nitrogens with zero attached hydrogens (tertiary/aromatic N) is 5. The number of aromatic amines is 1. The van der Waals surface area contributed by atoms with Gasteiger partial charge in [-0.25, -0.2) is 15.0 Å². The second kappa shape index (κ2) is 10.9. The minimum absolute atomic E-state index is 0.0538. The molecule has 0 spiro atoms. The minimum Gasteiger partial charge on any atom is -0.462 e. The zero-order chi connectivity index (χ0) is 28.3. The number of aryl methyl sites for hydroxylation is 1. The number of rotatable bonds is 8. The van der Waals surface area contributed by atoms with E-state index in [2.05, 4.69) is 40.5 Å². The lowest BCUT2D eigenvalue weighted by atomic mass is 10.1. The molecule has 0 fully saturated rings. The van der Waals surface area contributed by atoms with Crippen LogP contribution in [0.25, 0.3) is 22.4 Å². The van der Waals surface area contributed by atoms with E-state index in [4.69, 9.17) is 9.84 Å². The Hall–Kier alpha value is -5.11. The molecular weight excluding hydrogens is 529 g/mol. The molecule has 0 aliphatic rings. The first kappa shape index (κ1) is 26.5. The van der Waals surface area contributed by atoms with E-state index in [1.54, 1.807) is 36.5 Å². The fraction of sp³-hybridized carbons (Fsp3) is 0.154. The number of aliphatic hydroxyl groups excluding tert-OH is 1. The fourth-order valence-corrected chi connectivity index (χ4v) is 3.80. The summed E-state index contributed by atoms with van der Waals surface area (Å²) in [5, 5.41) is 14.8. The van der Waals surface area contributed by atoms with Crippen LogP contribution in [0.5, 0.6) is 6.01 Å². The van der Waals surface area contributed by atoms with Crippen LogP contribution < -0.4 is 15.4 Å². The number of aromatic nitrogens is 6. The Morgan fingerprint density at radius 3 is 2.73 bits per heavy atom. The van der Waals surface area contributed by atoms with Gasteiger partial charge >= 0.3 is 6.18 Å². The number of alkyl halides is 3. The van der Waals surface area contributed by atoms with E-state index < -0.39 is 17.6 Å². The fourth-order valence-electron chi connectivity index (χ4n) is 3.80. The van der Waals surface area contributed by atoms with Crippen LogP contribution in [-0.2, 0) is 6.18 Å². The molecule has 0 saturated heterocycles. The molecular formula is C26H21F3N8O3. The maximum absolute atomic E-state index is 13.1. The van der Waals surface area contributed by atoms with Gasteiger partial charge in [-0.05, 0) is 48.9 Å². The summed E-state index contributed by atoms with van der Waals surface area (Å²) < 4.78 is 44.5. The van der Waals surface area contributed by atoms with Crippen LogP contribution >= 0.6 is 0 Å². The average Bonchev–Trinajstić information content (AvgIpc) is 3.37. The highest BCUT2D eigenvalue weighted by Crippen LogP contribution is 2.33. The zero-order valence-corrected chi connectivity index (χ0v) is 20.8. The molecule has 0 radical (unpaired) electrons. The molecule has 4 heterocycles. The molecule has 0 bridgehead atoms. The number of nitrogens with one attached hydrogen (secondary N) is 3. The largest absolute Gasteiger partial charge is 0.462 e. The highest BCUT2D eigenvalue weighted by Gasteiger charge is 2.31. The van der Waals surface area contributed by atoms with Crippen molar-refractivity contribution in [3.05, 3.63) is 78.0 Å². The Labute approximate surface area is 224 Å². The number of ether oxygens (including phenoxy) is 1. The lowest BCUT2D eigenvalue weighted by Gasteiger charge is -2.14. The summed E-state index contributed by atoms with van der Waals surface area (Å²) in [4.78, 5) is 36.8. The SMILES string of the molecule is Cc1ccc(NC(=O)c2cc(C(F)(F)F)ccn2)cc1Nc1ncccc1-c1ncnc2[nH]c(OCCO)nc12. The highest BCUT2D eigenvalue weighted by molar-refractivity contribution is 6.03. The van der Waals surface area contributed by atoms with Crippen LogP contribution in [0.15, 0.2) is 61.2 Å². The number of benzene rings is 1. The second-order valence-corrected chi connectivity index (χ2v) is 8.47. The first-order valence-corrected chi connectivity index (χ1v) is 11.8. The van der Waals surface area contributed by atoms with Gasteiger partial charge in [0, 0.05) is 29.3 Å². The quantitative estimate of drug-likeness (QED) is 0.219. The normalized spacial score (nSPS) is 11.4. The number of halogens is 3. The van der Waals surface area contributed by atoms with Crippen molar-refractivity contribution in [3.8, 4) is 17.3 Å². The van der Waals surface area contributed by atoms with Gasteiger partial charge in [-0.2, -0.15) is 18.2 Å². The number of aliphatic hydroxyl groups is 1. The number of imidazole rings is 1. The van der Waals surface area contributed by atoms with Crippen molar-refractivity contribution in [1.82, 2.24) is 29.9 Å². The second-order valence-electron chi connectivity index (χ2n) is 8.47.